The molecular weight excluding hydrogens is 720 g/mol. The highest BCUT2D eigenvalue weighted by molar-refractivity contribution is 6.01. The number of carboxylic acids is 1. The molecule has 56 heavy (non-hydrogen) atoms. The number of aliphatic carboxylic acids is 1. The molecule has 5 amide bonds. The van der Waals surface area contributed by atoms with Gasteiger partial charge in [-0.15, -0.1) is 0 Å². The first-order chi connectivity index (χ1) is 26.8. The number of phenolic OH excluding ortho intramolecular Hbond substituents is 1. The van der Waals surface area contributed by atoms with E-state index >= 15 is 0 Å². The van der Waals surface area contributed by atoms with Crippen molar-refractivity contribution >= 4 is 52.2 Å². The maximum Gasteiger partial charge on any atom is 0.303 e. The Kier molecular flexibility index (Phi) is 15.3. The molecule has 0 fully saturated rings. The highest BCUT2D eigenvalue weighted by Gasteiger charge is 2.32. The number of primary amides is 1. The molecule has 0 saturated carbocycles. The van der Waals surface area contributed by atoms with Gasteiger partial charge in [0.2, 0.25) is 23.6 Å². The standard InChI is InChI=1S/C40H46N8O8/c41-35(52)30(11-6-20-44-40(42)43)45-38(55)33(21-24-7-2-1-3-8-24)48-37(54)31(18-19-34(50)51)46-39(56)32(22-25-12-16-29(49)17-13-25)47-36(53)28-15-14-26-9-4-5-10-27(26)23-28/h1-5,7-10,12-17,23,30-33,49H,6,11,18-22H2,(H2,41,52)(H,45,55)(H,46,56)(H,47,53)(H,48,54)(H,50,51)(H4,42,43,44)/t30-,31-,32-,33-/m0/s1. The molecule has 0 aromatic heterocycles. The van der Waals surface area contributed by atoms with Gasteiger partial charge in [0, 0.05) is 31.4 Å². The second kappa shape index (κ2) is 20.5. The Hall–Kier alpha value is -6.97. The van der Waals surface area contributed by atoms with Gasteiger partial charge in [0.1, 0.15) is 29.9 Å². The molecule has 16 heteroatoms. The van der Waals surface area contributed by atoms with Crippen LogP contribution in [-0.4, -0.2) is 82.4 Å². The minimum atomic E-state index is -1.48. The Morgan fingerprint density at radius 1 is 0.607 bits per heavy atom. The summed E-state index contributed by atoms with van der Waals surface area (Å²) >= 11 is 0. The number of aliphatic imine (C=N–C) groups is 1. The van der Waals surface area contributed by atoms with Crippen molar-refractivity contribution in [1.82, 2.24) is 21.3 Å². The third-order valence-corrected chi connectivity index (χ3v) is 8.81. The van der Waals surface area contributed by atoms with E-state index in [1.165, 1.54) is 12.1 Å². The molecule has 0 aliphatic heterocycles. The molecule has 0 bridgehead atoms. The number of nitrogens with zero attached hydrogens (tertiary/aromatic N) is 1. The molecule has 0 heterocycles. The van der Waals surface area contributed by atoms with E-state index in [-0.39, 0.29) is 49.5 Å². The summed E-state index contributed by atoms with van der Waals surface area (Å²) in [6, 6.07) is 22.0. The predicted molar refractivity (Wildman–Crippen MR) is 209 cm³/mol. The van der Waals surface area contributed by atoms with Crippen molar-refractivity contribution in [3.8, 4) is 5.75 Å². The molecule has 0 unspecified atom stereocenters. The van der Waals surface area contributed by atoms with Crippen LogP contribution in [-0.2, 0) is 36.8 Å². The third-order valence-electron chi connectivity index (χ3n) is 8.81. The summed E-state index contributed by atoms with van der Waals surface area (Å²) in [6.07, 6.45) is -0.606. The maximum atomic E-state index is 14.0. The number of nitrogens with one attached hydrogen (secondary N) is 4. The van der Waals surface area contributed by atoms with Crippen LogP contribution >= 0.6 is 0 Å². The fourth-order valence-corrected chi connectivity index (χ4v) is 5.85. The Morgan fingerprint density at radius 3 is 1.79 bits per heavy atom. The average molecular weight is 767 g/mol. The van der Waals surface area contributed by atoms with Gasteiger partial charge in [-0.1, -0.05) is 72.8 Å². The van der Waals surface area contributed by atoms with Gasteiger partial charge in [0.15, 0.2) is 5.96 Å². The molecular formula is C40H46N8O8. The summed E-state index contributed by atoms with van der Waals surface area (Å²) < 4.78 is 0. The van der Waals surface area contributed by atoms with Crippen molar-refractivity contribution in [2.24, 2.45) is 22.2 Å². The first-order valence-electron chi connectivity index (χ1n) is 17.9. The van der Waals surface area contributed by atoms with Gasteiger partial charge in [-0.2, -0.15) is 0 Å². The second-order valence-corrected chi connectivity index (χ2v) is 13.1. The monoisotopic (exact) mass is 766 g/mol. The molecule has 4 rings (SSSR count). The van der Waals surface area contributed by atoms with Crippen molar-refractivity contribution in [3.63, 3.8) is 0 Å². The topological polar surface area (TPSA) is 281 Å². The summed E-state index contributed by atoms with van der Waals surface area (Å²) in [4.78, 5) is 82.9. The number of phenols is 1. The Labute approximate surface area is 322 Å². The van der Waals surface area contributed by atoms with Crippen molar-refractivity contribution in [1.29, 1.82) is 0 Å². The van der Waals surface area contributed by atoms with E-state index in [1.807, 2.05) is 24.3 Å². The van der Waals surface area contributed by atoms with Gasteiger partial charge in [-0.25, -0.2) is 0 Å². The van der Waals surface area contributed by atoms with E-state index in [4.69, 9.17) is 17.2 Å². The number of aromatic hydroxyl groups is 1. The number of benzene rings is 4. The van der Waals surface area contributed by atoms with Crippen LogP contribution in [0.25, 0.3) is 10.8 Å². The van der Waals surface area contributed by atoms with Crippen LogP contribution in [0, 0.1) is 0 Å². The zero-order chi connectivity index (χ0) is 40.6. The summed E-state index contributed by atoms with van der Waals surface area (Å²) in [6.45, 7) is 0.174. The Morgan fingerprint density at radius 2 is 1.16 bits per heavy atom. The lowest BCUT2D eigenvalue weighted by Gasteiger charge is -2.26. The van der Waals surface area contributed by atoms with Crippen LogP contribution < -0.4 is 38.5 Å². The summed E-state index contributed by atoms with van der Waals surface area (Å²) in [7, 11) is 0. The molecule has 294 valence electrons. The molecule has 16 nitrogen and oxygen atoms in total. The molecule has 4 aromatic rings. The van der Waals surface area contributed by atoms with Crippen LogP contribution in [0.3, 0.4) is 0 Å². The molecule has 0 radical (unpaired) electrons. The Bertz CT molecular complexity index is 2040. The number of carbonyl (C=O) groups is 6. The number of carbonyl (C=O) groups excluding carboxylic acids is 5. The molecule has 4 aromatic carbocycles. The summed E-state index contributed by atoms with van der Waals surface area (Å²) in [5, 5.41) is 31.5. The van der Waals surface area contributed by atoms with E-state index in [1.54, 1.807) is 60.7 Å². The molecule has 0 aliphatic rings. The second-order valence-electron chi connectivity index (χ2n) is 13.1. The van der Waals surface area contributed by atoms with Gasteiger partial charge in [0.25, 0.3) is 5.91 Å². The highest BCUT2D eigenvalue weighted by Crippen LogP contribution is 2.17. The van der Waals surface area contributed by atoms with Crippen LogP contribution in [0.4, 0.5) is 0 Å². The number of nitrogens with two attached hydrogens (primary N) is 3. The van der Waals surface area contributed by atoms with Crippen molar-refractivity contribution < 1.29 is 39.0 Å². The van der Waals surface area contributed by atoms with Gasteiger partial charge >= 0.3 is 5.97 Å². The van der Waals surface area contributed by atoms with Crippen LogP contribution in [0.5, 0.6) is 5.75 Å². The van der Waals surface area contributed by atoms with Gasteiger partial charge < -0.3 is 48.7 Å². The largest absolute Gasteiger partial charge is 0.508 e. The number of carboxylic acid groups (broad SMARTS) is 1. The number of fused-ring (bicyclic) bond motifs is 1. The van der Waals surface area contributed by atoms with E-state index in [0.717, 1.165) is 10.8 Å². The zero-order valence-electron chi connectivity index (χ0n) is 30.5. The van der Waals surface area contributed by atoms with Gasteiger partial charge in [-0.3, -0.25) is 33.8 Å². The van der Waals surface area contributed by atoms with Gasteiger partial charge in [0.05, 0.1) is 0 Å². The molecule has 0 spiro atoms. The fourth-order valence-electron chi connectivity index (χ4n) is 5.85. The smallest absolute Gasteiger partial charge is 0.303 e. The SMILES string of the molecule is NC(=O)[C@H](CCCN=C(N)N)NC(=O)[C@H](Cc1ccccc1)NC(=O)[C@H](CCC(=O)O)NC(=O)[C@H](Cc1ccc(O)cc1)NC(=O)c1ccc2ccccc2c1. The third kappa shape index (κ3) is 13.2. The van der Waals surface area contributed by atoms with E-state index in [0.29, 0.717) is 17.5 Å². The summed E-state index contributed by atoms with van der Waals surface area (Å²) in [5.41, 5.74) is 17.8. The van der Waals surface area contributed by atoms with Crippen molar-refractivity contribution in [3.05, 3.63) is 114 Å². The Balaban J connectivity index is 1.58. The van der Waals surface area contributed by atoms with Gasteiger partial charge in [-0.05, 0) is 65.4 Å². The van der Waals surface area contributed by atoms with Crippen molar-refractivity contribution in [2.75, 3.05) is 6.54 Å². The molecule has 0 aliphatic carbocycles. The average Bonchev–Trinajstić information content (AvgIpc) is 3.17. The van der Waals surface area contributed by atoms with E-state index < -0.39 is 66.1 Å². The molecule has 0 saturated heterocycles. The van der Waals surface area contributed by atoms with E-state index in [2.05, 4.69) is 26.3 Å². The normalized spacial score (nSPS) is 12.9. The van der Waals surface area contributed by atoms with E-state index in [9.17, 15) is 39.0 Å². The summed E-state index contributed by atoms with van der Waals surface area (Å²) in [5.74, 6) is -5.26. The first kappa shape index (κ1) is 41.8. The first-order valence-corrected chi connectivity index (χ1v) is 17.9. The number of hydrogen-bond donors (Lipinski definition) is 9. The number of amides is 5. The molecule has 12 N–H and O–H groups in total. The van der Waals surface area contributed by atoms with Crippen molar-refractivity contribution in [2.45, 2.75) is 62.7 Å². The fraction of sp³-hybridized carbons (Fsp3) is 0.275. The quantitative estimate of drug-likeness (QED) is 0.0349. The highest BCUT2D eigenvalue weighted by atomic mass is 16.4. The van der Waals surface area contributed by atoms with Crippen LogP contribution in [0.15, 0.2) is 102 Å². The number of guanidine groups is 1. The van der Waals surface area contributed by atoms with Crippen LogP contribution in [0.1, 0.15) is 47.2 Å². The lowest BCUT2D eigenvalue weighted by Crippen LogP contribution is -2.58. The number of rotatable bonds is 20. The maximum absolute atomic E-state index is 14.0. The predicted octanol–water partition coefficient (Wildman–Crippen LogP) is 0.987. The lowest BCUT2D eigenvalue weighted by atomic mass is 10.0. The minimum absolute atomic E-state index is 0.0115. The minimum Gasteiger partial charge on any atom is -0.508 e. The zero-order valence-corrected chi connectivity index (χ0v) is 30.5. The number of hydrogen-bond acceptors (Lipinski definition) is 8. The van der Waals surface area contributed by atoms with Crippen LogP contribution in [0.2, 0.25) is 0 Å². The lowest BCUT2D eigenvalue weighted by molar-refractivity contribution is -0.138. The molecule has 4 atom stereocenters.